The molecule has 0 aliphatic heterocycles. The number of esters is 2. The fourth-order valence-corrected chi connectivity index (χ4v) is 0.642. The van der Waals surface area contributed by atoms with Crippen molar-refractivity contribution in [3.05, 3.63) is 0 Å². The van der Waals surface area contributed by atoms with Crippen molar-refractivity contribution < 1.29 is 24.2 Å². The number of aliphatic carboxylic acids is 1. The molecule has 5 heteroatoms. The summed E-state index contributed by atoms with van der Waals surface area (Å²) in [5.74, 6) is -2.46. The number of carboxylic acid groups (broad SMARTS) is 1. The fraction of sp³-hybridized carbons (Fsp3) is 0.750. The number of unbranched alkanes of at least 4 members (excludes halogenated alkanes) is 1. The summed E-state index contributed by atoms with van der Waals surface area (Å²) in [6.45, 7) is 6.14. The Labute approximate surface area is 102 Å². The SMILES string of the molecule is CCCC.CCCC(=O)OC(=O)CCC(=O)O. The van der Waals surface area contributed by atoms with Crippen LogP contribution in [0.3, 0.4) is 0 Å². The highest BCUT2D eigenvalue weighted by molar-refractivity contribution is 5.86. The van der Waals surface area contributed by atoms with E-state index in [0.717, 1.165) is 0 Å². The Morgan fingerprint density at radius 3 is 1.65 bits per heavy atom. The zero-order valence-corrected chi connectivity index (χ0v) is 10.8. The molecular formula is C12H22O5. The first-order valence-corrected chi connectivity index (χ1v) is 5.93. The van der Waals surface area contributed by atoms with Gasteiger partial charge in [-0.05, 0) is 6.42 Å². The number of carbonyl (C=O) groups is 3. The van der Waals surface area contributed by atoms with E-state index in [-0.39, 0.29) is 19.3 Å². The molecule has 1 N–H and O–H groups in total. The molecule has 0 fully saturated rings. The Hall–Kier alpha value is -1.39. The molecule has 0 rings (SSSR count). The average molecular weight is 246 g/mol. The highest BCUT2D eigenvalue weighted by Crippen LogP contribution is 1.97. The number of carbonyl (C=O) groups excluding carboxylic acids is 2. The van der Waals surface area contributed by atoms with Gasteiger partial charge in [-0.15, -0.1) is 0 Å². The Kier molecular flexibility index (Phi) is 13.4. The Morgan fingerprint density at radius 2 is 1.29 bits per heavy atom. The topological polar surface area (TPSA) is 80.7 Å². The van der Waals surface area contributed by atoms with E-state index in [1.807, 2.05) is 0 Å². The average Bonchev–Trinajstić information content (AvgIpc) is 2.27. The van der Waals surface area contributed by atoms with E-state index in [2.05, 4.69) is 18.6 Å². The predicted octanol–water partition coefficient (Wildman–Crippen LogP) is 2.53. The van der Waals surface area contributed by atoms with Gasteiger partial charge in [-0.2, -0.15) is 0 Å². The maximum atomic E-state index is 10.7. The molecule has 0 aromatic heterocycles. The standard InChI is InChI=1S/C8H12O5.C4H10/c1-2-3-7(11)13-8(12)5-4-6(9)10;1-3-4-2/h2-5H2,1H3,(H,9,10);3-4H2,1-2H3. The first kappa shape index (κ1) is 18.0. The van der Waals surface area contributed by atoms with E-state index in [1.54, 1.807) is 6.92 Å². The van der Waals surface area contributed by atoms with Gasteiger partial charge >= 0.3 is 17.9 Å². The van der Waals surface area contributed by atoms with Crippen molar-refractivity contribution in [2.75, 3.05) is 0 Å². The molecule has 0 saturated heterocycles. The van der Waals surface area contributed by atoms with Crippen LogP contribution in [0.1, 0.15) is 59.3 Å². The number of carboxylic acids is 1. The lowest BCUT2D eigenvalue weighted by molar-refractivity contribution is -0.161. The lowest BCUT2D eigenvalue weighted by atomic mass is 10.3. The minimum absolute atomic E-state index is 0.179. The van der Waals surface area contributed by atoms with Gasteiger partial charge in [0.25, 0.3) is 0 Å². The van der Waals surface area contributed by atoms with Crippen LogP contribution in [0, 0.1) is 0 Å². The molecule has 0 saturated carbocycles. The van der Waals surface area contributed by atoms with Gasteiger partial charge in [0.2, 0.25) is 0 Å². The van der Waals surface area contributed by atoms with E-state index < -0.39 is 17.9 Å². The van der Waals surface area contributed by atoms with Gasteiger partial charge in [0.15, 0.2) is 0 Å². The lowest BCUT2D eigenvalue weighted by Crippen LogP contribution is -2.13. The summed E-state index contributed by atoms with van der Waals surface area (Å²) < 4.78 is 4.30. The predicted molar refractivity (Wildman–Crippen MR) is 63.5 cm³/mol. The maximum Gasteiger partial charge on any atom is 0.314 e. The number of hydrogen-bond acceptors (Lipinski definition) is 4. The molecule has 0 bridgehead atoms. The van der Waals surface area contributed by atoms with Crippen LogP contribution < -0.4 is 0 Å². The summed E-state index contributed by atoms with van der Waals surface area (Å²) in [5, 5.41) is 8.21. The zero-order chi connectivity index (χ0) is 13.7. The Balaban J connectivity index is 0. The van der Waals surface area contributed by atoms with Crippen LogP contribution in [-0.2, 0) is 19.1 Å². The fourth-order valence-electron chi connectivity index (χ4n) is 0.642. The zero-order valence-electron chi connectivity index (χ0n) is 10.8. The van der Waals surface area contributed by atoms with Crippen LogP contribution in [0.2, 0.25) is 0 Å². The number of hydrogen-bond donors (Lipinski definition) is 1. The molecule has 0 atom stereocenters. The van der Waals surface area contributed by atoms with Gasteiger partial charge in [-0.25, -0.2) is 0 Å². The second kappa shape index (κ2) is 12.7. The van der Waals surface area contributed by atoms with Crippen molar-refractivity contribution >= 4 is 17.9 Å². The minimum atomic E-state index is -1.08. The van der Waals surface area contributed by atoms with Gasteiger partial charge in [-0.3, -0.25) is 14.4 Å². The summed E-state index contributed by atoms with van der Waals surface area (Å²) in [7, 11) is 0. The number of rotatable bonds is 6. The molecule has 17 heavy (non-hydrogen) atoms. The van der Waals surface area contributed by atoms with Gasteiger partial charge < -0.3 is 9.84 Å². The first-order valence-electron chi connectivity index (χ1n) is 5.93. The smallest absolute Gasteiger partial charge is 0.314 e. The maximum absolute atomic E-state index is 10.7. The van der Waals surface area contributed by atoms with Crippen LogP contribution in [0.5, 0.6) is 0 Å². The van der Waals surface area contributed by atoms with Crippen LogP contribution in [-0.4, -0.2) is 23.0 Å². The Morgan fingerprint density at radius 1 is 0.824 bits per heavy atom. The van der Waals surface area contributed by atoms with Crippen molar-refractivity contribution in [2.45, 2.75) is 59.3 Å². The molecular weight excluding hydrogens is 224 g/mol. The summed E-state index contributed by atoms with van der Waals surface area (Å²) in [4.78, 5) is 31.5. The van der Waals surface area contributed by atoms with E-state index >= 15 is 0 Å². The molecule has 0 aliphatic rings. The van der Waals surface area contributed by atoms with E-state index in [0.29, 0.717) is 6.42 Å². The first-order chi connectivity index (χ1) is 7.97. The van der Waals surface area contributed by atoms with Crippen molar-refractivity contribution in [2.24, 2.45) is 0 Å². The van der Waals surface area contributed by atoms with E-state index in [9.17, 15) is 14.4 Å². The van der Waals surface area contributed by atoms with E-state index in [4.69, 9.17) is 5.11 Å². The normalized spacial score (nSPS) is 8.88. The third-order valence-electron chi connectivity index (χ3n) is 1.72. The molecule has 0 aromatic rings. The van der Waals surface area contributed by atoms with Crippen molar-refractivity contribution in [1.82, 2.24) is 0 Å². The molecule has 0 heterocycles. The monoisotopic (exact) mass is 246 g/mol. The quantitative estimate of drug-likeness (QED) is 0.575. The Bertz CT molecular complexity index is 233. The molecule has 5 nitrogen and oxygen atoms in total. The highest BCUT2D eigenvalue weighted by atomic mass is 16.6. The van der Waals surface area contributed by atoms with Crippen LogP contribution in [0.25, 0.3) is 0 Å². The van der Waals surface area contributed by atoms with Crippen LogP contribution in [0.4, 0.5) is 0 Å². The molecule has 0 radical (unpaired) electrons. The van der Waals surface area contributed by atoms with Crippen LogP contribution in [0.15, 0.2) is 0 Å². The molecule has 0 aromatic carbocycles. The van der Waals surface area contributed by atoms with Gasteiger partial charge in [-0.1, -0.05) is 33.6 Å². The van der Waals surface area contributed by atoms with Crippen LogP contribution >= 0.6 is 0 Å². The molecule has 100 valence electrons. The summed E-state index contributed by atoms with van der Waals surface area (Å²) in [6.07, 6.45) is 2.85. The van der Waals surface area contributed by atoms with Crippen molar-refractivity contribution in [3.8, 4) is 0 Å². The van der Waals surface area contributed by atoms with Gasteiger partial charge in [0.05, 0.1) is 12.8 Å². The van der Waals surface area contributed by atoms with Gasteiger partial charge in [0, 0.05) is 6.42 Å². The highest BCUT2D eigenvalue weighted by Gasteiger charge is 2.10. The summed E-state index contributed by atoms with van der Waals surface area (Å²) >= 11 is 0. The second-order valence-corrected chi connectivity index (χ2v) is 3.49. The second-order valence-electron chi connectivity index (χ2n) is 3.49. The van der Waals surface area contributed by atoms with Crippen molar-refractivity contribution in [1.29, 1.82) is 0 Å². The van der Waals surface area contributed by atoms with Crippen molar-refractivity contribution in [3.63, 3.8) is 0 Å². The molecule has 0 amide bonds. The van der Waals surface area contributed by atoms with E-state index in [1.165, 1.54) is 12.8 Å². The molecule has 0 aliphatic carbocycles. The minimum Gasteiger partial charge on any atom is -0.481 e. The lowest BCUT2D eigenvalue weighted by Gasteiger charge is -1.99. The number of ether oxygens (including phenoxy) is 1. The molecule has 0 spiro atoms. The van der Waals surface area contributed by atoms with Gasteiger partial charge in [0.1, 0.15) is 0 Å². The summed E-state index contributed by atoms with van der Waals surface area (Å²) in [6, 6.07) is 0. The molecule has 0 unspecified atom stereocenters. The summed E-state index contributed by atoms with van der Waals surface area (Å²) in [5.41, 5.74) is 0. The third-order valence-corrected chi connectivity index (χ3v) is 1.72. The third kappa shape index (κ3) is 17.2. The largest absolute Gasteiger partial charge is 0.481 e.